The first-order valence-electron chi connectivity index (χ1n) is 14.8. The van der Waals surface area contributed by atoms with E-state index in [0.717, 1.165) is 64.2 Å². The standard InChI is InChI=1S/C18H34O4.C12H22O4/c1-3-5-15-21-17(19)13-11-9-7-8-10-12-14-18(20)22-16-6-4-2;1-9(2)15-11(13)7-5-6-8-12(14)16-10(3)4/h3-16H2,1-2H3;9-10H,5-8H2,1-4H3. The van der Waals surface area contributed by atoms with Crippen molar-refractivity contribution in [2.24, 2.45) is 0 Å². The summed E-state index contributed by atoms with van der Waals surface area (Å²) >= 11 is 0. The van der Waals surface area contributed by atoms with Crippen molar-refractivity contribution >= 4 is 23.9 Å². The van der Waals surface area contributed by atoms with Crippen molar-refractivity contribution in [2.45, 2.75) is 156 Å². The molecule has 8 heteroatoms. The van der Waals surface area contributed by atoms with Crippen molar-refractivity contribution in [2.75, 3.05) is 13.2 Å². The van der Waals surface area contributed by atoms with E-state index in [9.17, 15) is 19.2 Å². The summed E-state index contributed by atoms with van der Waals surface area (Å²) in [5.41, 5.74) is 0. The van der Waals surface area contributed by atoms with E-state index < -0.39 is 0 Å². The minimum Gasteiger partial charge on any atom is -0.466 e. The number of carbonyl (C=O) groups excluding carboxylic acids is 4. The molecular formula is C30H56O8. The van der Waals surface area contributed by atoms with Gasteiger partial charge in [-0.15, -0.1) is 0 Å². The zero-order valence-corrected chi connectivity index (χ0v) is 25.1. The Hall–Kier alpha value is -2.12. The highest BCUT2D eigenvalue weighted by molar-refractivity contribution is 5.71. The number of hydrogen-bond acceptors (Lipinski definition) is 8. The summed E-state index contributed by atoms with van der Waals surface area (Å²) in [6.45, 7) is 12.6. The molecule has 0 atom stereocenters. The van der Waals surface area contributed by atoms with E-state index in [2.05, 4.69) is 13.8 Å². The van der Waals surface area contributed by atoms with Crippen LogP contribution in [0.15, 0.2) is 0 Å². The van der Waals surface area contributed by atoms with E-state index in [0.29, 0.717) is 51.7 Å². The smallest absolute Gasteiger partial charge is 0.306 e. The highest BCUT2D eigenvalue weighted by Crippen LogP contribution is 2.10. The second-order valence-corrected chi connectivity index (χ2v) is 10.1. The maximum atomic E-state index is 11.4. The molecule has 0 fully saturated rings. The van der Waals surface area contributed by atoms with Crippen LogP contribution >= 0.6 is 0 Å². The molecule has 0 N–H and O–H groups in total. The van der Waals surface area contributed by atoms with E-state index >= 15 is 0 Å². The fourth-order valence-corrected chi connectivity index (χ4v) is 3.23. The summed E-state index contributed by atoms with van der Waals surface area (Å²) < 4.78 is 20.1. The first-order valence-corrected chi connectivity index (χ1v) is 14.8. The van der Waals surface area contributed by atoms with Crippen LogP contribution in [0, 0.1) is 0 Å². The predicted octanol–water partition coefficient (Wildman–Crippen LogP) is 7.24. The zero-order valence-electron chi connectivity index (χ0n) is 25.1. The monoisotopic (exact) mass is 544 g/mol. The van der Waals surface area contributed by atoms with Crippen molar-refractivity contribution in [1.82, 2.24) is 0 Å². The summed E-state index contributed by atoms with van der Waals surface area (Å²) in [5, 5.41) is 0. The lowest BCUT2D eigenvalue weighted by atomic mass is 10.1. The quantitative estimate of drug-likeness (QED) is 0.0797. The first kappa shape index (κ1) is 38.0. The molecule has 0 aromatic carbocycles. The molecule has 0 radical (unpaired) electrons. The van der Waals surface area contributed by atoms with Crippen LogP contribution in [-0.4, -0.2) is 49.3 Å². The van der Waals surface area contributed by atoms with Crippen LogP contribution in [0.1, 0.15) is 144 Å². The third kappa shape index (κ3) is 31.9. The van der Waals surface area contributed by atoms with Crippen LogP contribution in [0.2, 0.25) is 0 Å². The lowest BCUT2D eigenvalue weighted by Crippen LogP contribution is -2.12. The number of unbranched alkanes of at least 4 members (excludes halogenated alkanes) is 8. The summed E-state index contributed by atoms with van der Waals surface area (Å²) in [4.78, 5) is 45.0. The maximum Gasteiger partial charge on any atom is 0.306 e. The predicted molar refractivity (Wildman–Crippen MR) is 150 cm³/mol. The van der Waals surface area contributed by atoms with Crippen molar-refractivity contribution in [1.29, 1.82) is 0 Å². The molecule has 0 saturated heterocycles. The average Bonchev–Trinajstić information content (AvgIpc) is 2.83. The van der Waals surface area contributed by atoms with Gasteiger partial charge in [0.2, 0.25) is 0 Å². The summed E-state index contributed by atoms with van der Waals surface area (Å²) in [5.74, 6) is -0.536. The fourth-order valence-electron chi connectivity index (χ4n) is 3.23. The maximum absolute atomic E-state index is 11.4. The summed E-state index contributed by atoms with van der Waals surface area (Å²) in [7, 11) is 0. The molecule has 0 aliphatic heterocycles. The second kappa shape index (κ2) is 27.9. The fraction of sp³-hybridized carbons (Fsp3) is 0.867. The molecule has 0 heterocycles. The van der Waals surface area contributed by atoms with Crippen LogP contribution in [0.3, 0.4) is 0 Å². The van der Waals surface area contributed by atoms with Gasteiger partial charge in [0.15, 0.2) is 0 Å². The van der Waals surface area contributed by atoms with Gasteiger partial charge in [-0.1, -0.05) is 52.4 Å². The van der Waals surface area contributed by atoms with Gasteiger partial charge in [-0.2, -0.15) is 0 Å². The SMILES string of the molecule is CC(C)OC(=O)CCCCC(=O)OC(C)C.CCCCOC(=O)CCCCCCCCC(=O)OCCCC. The summed E-state index contributed by atoms with van der Waals surface area (Å²) in [6.07, 6.45) is 13.2. The zero-order chi connectivity index (χ0) is 29.0. The molecule has 0 unspecified atom stereocenters. The largest absolute Gasteiger partial charge is 0.466 e. The molecule has 0 aromatic heterocycles. The Kier molecular flexibility index (Phi) is 27.9. The van der Waals surface area contributed by atoms with Crippen LogP contribution in [0.25, 0.3) is 0 Å². The van der Waals surface area contributed by atoms with Crippen LogP contribution < -0.4 is 0 Å². The molecule has 224 valence electrons. The second-order valence-electron chi connectivity index (χ2n) is 10.1. The van der Waals surface area contributed by atoms with Crippen molar-refractivity contribution in [3.63, 3.8) is 0 Å². The van der Waals surface area contributed by atoms with Crippen LogP contribution in [0.4, 0.5) is 0 Å². The number of ether oxygens (including phenoxy) is 4. The molecule has 8 nitrogen and oxygen atoms in total. The van der Waals surface area contributed by atoms with Crippen LogP contribution in [0.5, 0.6) is 0 Å². The molecule has 0 spiro atoms. The van der Waals surface area contributed by atoms with Gasteiger partial charge in [0.1, 0.15) is 0 Å². The molecule has 0 saturated carbocycles. The Bertz CT molecular complexity index is 549. The molecule has 38 heavy (non-hydrogen) atoms. The van der Waals surface area contributed by atoms with Gasteiger partial charge in [-0.05, 0) is 66.2 Å². The van der Waals surface area contributed by atoms with Gasteiger partial charge < -0.3 is 18.9 Å². The molecule has 0 aromatic rings. The van der Waals surface area contributed by atoms with Crippen molar-refractivity contribution in [3.8, 4) is 0 Å². The summed E-state index contributed by atoms with van der Waals surface area (Å²) in [6, 6.07) is 0. The average molecular weight is 545 g/mol. The normalized spacial score (nSPS) is 10.5. The van der Waals surface area contributed by atoms with Gasteiger partial charge in [-0.25, -0.2) is 0 Å². The minimum atomic E-state index is -0.202. The number of rotatable bonds is 22. The number of esters is 4. The van der Waals surface area contributed by atoms with E-state index in [1.54, 1.807) is 0 Å². The highest BCUT2D eigenvalue weighted by atomic mass is 16.5. The molecule has 0 bridgehead atoms. The van der Waals surface area contributed by atoms with Gasteiger partial charge in [0.05, 0.1) is 25.4 Å². The Labute approximate surface area is 231 Å². The Morgan fingerprint density at radius 3 is 1.05 bits per heavy atom. The lowest BCUT2D eigenvalue weighted by Gasteiger charge is -2.08. The van der Waals surface area contributed by atoms with Gasteiger partial charge >= 0.3 is 23.9 Å². The third-order valence-electron chi connectivity index (χ3n) is 5.28. The lowest BCUT2D eigenvalue weighted by molar-refractivity contribution is -0.149. The van der Waals surface area contributed by atoms with Gasteiger partial charge in [0, 0.05) is 25.7 Å². The Balaban J connectivity index is 0. The Morgan fingerprint density at radius 1 is 0.447 bits per heavy atom. The third-order valence-corrected chi connectivity index (χ3v) is 5.28. The molecule has 0 aliphatic carbocycles. The number of carbonyl (C=O) groups is 4. The molecule has 0 aliphatic rings. The number of hydrogen-bond donors (Lipinski definition) is 0. The molecular weight excluding hydrogens is 488 g/mol. The van der Waals surface area contributed by atoms with Gasteiger partial charge in [-0.3, -0.25) is 19.2 Å². The van der Waals surface area contributed by atoms with E-state index in [1.807, 2.05) is 27.7 Å². The Morgan fingerprint density at radius 2 is 0.737 bits per heavy atom. The highest BCUT2D eigenvalue weighted by Gasteiger charge is 2.08. The topological polar surface area (TPSA) is 105 Å². The van der Waals surface area contributed by atoms with Crippen LogP contribution in [-0.2, 0) is 38.1 Å². The first-order chi connectivity index (χ1) is 18.1. The van der Waals surface area contributed by atoms with E-state index in [4.69, 9.17) is 18.9 Å². The van der Waals surface area contributed by atoms with E-state index in [1.165, 1.54) is 0 Å². The minimum absolute atomic E-state index is 0.0664. The van der Waals surface area contributed by atoms with Gasteiger partial charge in [0.25, 0.3) is 0 Å². The van der Waals surface area contributed by atoms with E-state index in [-0.39, 0.29) is 36.1 Å². The van der Waals surface area contributed by atoms with Crippen molar-refractivity contribution in [3.05, 3.63) is 0 Å². The molecule has 0 amide bonds. The molecule has 0 rings (SSSR count). The van der Waals surface area contributed by atoms with Crippen molar-refractivity contribution < 1.29 is 38.1 Å².